The molecule has 0 aromatic heterocycles. The summed E-state index contributed by atoms with van der Waals surface area (Å²) in [5, 5.41) is 0. The average molecular weight is 446 g/mol. The molecule has 5 nitrogen and oxygen atoms in total. The molecule has 0 heterocycles. The van der Waals surface area contributed by atoms with Crippen LogP contribution in [0.3, 0.4) is 0 Å². The first-order valence-electron chi connectivity index (χ1n) is 9.58. The largest absolute Gasteiger partial charge is 0.377 e. The molecular formula is C23H25F2N3O2S. The molecule has 8 heteroatoms. The van der Waals surface area contributed by atoms with Crippen LogP contribution in [0.1, 0.15) is 5.56 Å². The summed E-state index contributed by atoms with van der Waals surface area (Å²) in [4.78, 5) is 3.44. The Morgan fingerprint density at radius 3 is 1.84 bits per heavy atom. The predicted molar refractivity (Wildman–Crippen MR) is 122 cm³/mol. The zero-order valence-corrected chi connectivity index (χ0v) is 18.9. The fourth-order valence-corrected chi connectivity index (χ4v) is 4.74. The maximum atomic E-state index is 14.2. The molecule has 0 saturated carbocycles. The molecule has 0 fully saturated rings. The summed E-state index contributed by atoms with van der Waals surface area (Å²) >= 11 is 0. The van der Waals surface area contributed by atoms with Crippen LogP contribution in [-0.4, -0.2) is 36.6 Å². The Balaban J connectivity index is 2.27. The number of halogens is 2. The highest BCUT2D eigenvalue weighted by atomic mass is 32.2. The zero-order chi connectivity index (χ0) is 22.9. The minimum atomic E-state index is -4.19. The van der Waals surface area contributed by atoms with Gasteiger partial charge in [0.15, 0.2) is 11.6 Å². The van der Waals surface area contributed by atoms with Crippen molar-refractivity contribution in [1.29, 1.82) is 0 Å². The Hall–Kier alpha value is -3.13. The van der Waals surface area contributed by atoms with Gasteiger partial charge in [0, 0.05) is 50.8 Å². The first-order chi connectivity index (χ1) is 14.5. The van der Waals surface area contributed by atoms with Crippen molar-refractivity contribution in [3.8, 4) is 11.1 Å². The Morgan fingerprint density at radius 2 is 1.32 bits per heavy atom. The third-order valence-electron chi connectivity index (χ3n) is 4.97. The molecule has 0 saturated heterocycles. The van der Waals surface area contributed by atoms with Gasteiger partial charge in [0.05, 0.1) is 4.90 Å². The summed E-state index contributed by atoms with van der Waals surface area (Å²) in [6, 6.07) is 13.5. The van der Waals surface area contributed by atoms with E-state index in [-0.39, 0.29) is 10.5 Å². The molecule has 0 aliphatic rings. The van der Waals surface area contributed by atoms with Gasteiger partial charge in [0.25, 0.3) is 10.0 Å². The van der Waals surface area contributed by atoms with Crippen molar-refractivity contribution in [1.82, 2.24) is 0 Å². The van der Waals surface area contributed by atoms with Crippen molar-refractivity contribution in [2.75, 3.05) is 42.7 Å². The van der Waals surface area contributed by atoms with Gasteiger partial charge in [-0.2, -0.15) is 0 Å². The van der Waals surface area contributed by atoms with Crippen LogP contribution in [0, 0.1) is 18.6 Å². The number of rotatable bonds is 6. The quantitative estimate of drug-likeness (QED) is 0.588. The molecule has 0 unspecified atom stereocenters. The molecule has 0 aliphatic carbocycles. The first-order valence-corrected chi connectivity index (χ1v) is 11.1. The fourth-order valence-electron chi connectivity index (χ4n) is 3.46. The maximum absolute atomic E-state index is 14.2. The lowest BCUT2D eigenvalue weighted by molar-refractivity contribution is 0.505. The predicted octanol–water partition coefficient (Wildman–Crippen LogP) is 4.87. The molecular weight excluding hydrogens is 420 g/mol. The lowest BCUT2D eigenvalue weighted by atomic mass is 9.99. The van der Waals surface area contributed by atoms with E-state index >= 15 is 0 Å². The number of nitrogens with zero attached hydrogens (tertiary/aromatic N) is 2. The van der Waals surface area contributed by atoms with Crippen LogP contribution in [0.2, 0.25) is 0 Å². The Morgan fingerprint density at radius 1 is 0.806 bits per heavy atom. The van der Waals surface area contributed by atoms with Gasteiger partial charge >= 0.3 is 0 Å². The summed E-state index contributed by atoms with van der Waals surface area (Å²) in [6.45, 7) is 1.95. The number of para-hydroxylation sites is 1. The molecule has 31 heavy (non-hydrogen) atoms. The maximum Gasteiger partial charge on any atom is 0.262 e. The van der Waals surface area contributed by atoms with Crippen molar-refractivity contribution in [3.05, 3.63) is 71.8 Å². The van der Waals surface area contributed by atoms with Crippen LogP contribution in [-0.2, 0) is 10.0 Å². The number of hydrogen-bond donors (Lipinski definition) is 1. The number of anilines is 3. The number of benzene rings is 3. The molecule has 3 aromatic carbocycles. The molecule has 0 aliphatic heterocycles. The molecule has 0 radical (unpaired) electrons. The van der Waals surface area contributed by atoms with Gasteiger partial charge in [-0.15, -0.1) is 0 Å². The van der Waals surface area contributed by atoms with Crippen molar-refractivity contribution in [2.24, 2.45) is 0 Å². The normalized spacial score (nSPS) is 11.3. The van der Waals surface area contributed by atoms with E-state index in [2.05, 4.69) is 4.72 Å². The first kappa shape index (κ1) is 22.6. The molecule has 0 bridgehead atoms. The van der Waals surface area contributed by atoms with Gasteiger partial charge in [0.2, 0.25) is 0 Å². The van der Waals surface area contributed by atoms with Crippen LogP contribution in [0.15, 0.2) is 59.5 Å². The van der Waals surface area contributed by atoms with Crippen LogP contribution in [0.25, 0.3) is 11.1 Å². The number of sulfonamides is 1. The van der Waals surface area contributed by atoms with E-state index in [1.165, 1.54) is 0 Å². The topological polar surface area (TPSA) is 52.7 Å². The third-order valence-corrected chi connectivity index (χ3v) is 6.39. The fraction of sp³-hybridized carbons (Fsp3) is 0.217. The zero-order valence-electron chi connectivity index (χ0n) is 18.1. The minimum Gasteiger partial charge on any atom is -0.377 e. The van der Waals surface area contributed by atoms with E-state index < -0.39 is 21.7 Å². The van der Waals surface area contributed by atoms with Gasteiger partial charge < -0.3 is 9.80 Å². The van der Waals surface area contributed by atoms with Gasteiger partial charge in [0.1, 0.15) is 0 Å². The van der Waals surface area contributed by atoms with E-state index in [9.17, 15) is 17.2 Å². The highest BCUT2D eigenvalue weighted by molar-refractivity contribution is 7.92. The lowest BCUT2D eigenvalue weighted by Gasteiger charge is -2.24. The van der Waals surface area contributed by atoms with E-state index in [0.717, 1.165) is 29.1 Å². The van der Waals surface area contributed by atoms with Crippen molar-refractivity contribution in [3.63, 3.8) is 0 Å². The molecule has 0 amide bonds. The lowest BCUT2D eigenvalue weighted by Crippen LogP contribution is -2.17. The summed E-state index contributed by atoms with van der Waals surface area (Å²) in [7, 11) is 3.27. The highest BCUT2D eigenvalue weighted by Gasteiger charge is 2.24. The van der Waals surface area contributed by atoms with Crippen LogP contribution in [0.4, 0.5) is 25.8 Å². The molecule has 3 aromatic rings. The Kier molecular flexibility index (Phi) is 6.22. The molecule has 164 valence electrons. The standard InChI is InChI=1S/C23H25F2N3O2S/c1-15-21(27(2)3)11-16(12-22(15)28(4)5)18-13-19(24)20(25)14-23(18)31(29,30)26-17-9-7-6-8-10-17/h6-14,26H,1-5H3. The molecule has 0 atom stereocenters. The summed E-state index contributed by atoms with van der Waals surface area (Å²) < 4.78 is 57.1. The number of hydrogen-bond acceptors (Lipinski definition) is 4. The SMILES string of the molecule is Cc1c(N(C)C)cc(-c2cc(F)c(F)cc2S(=O)(=O)Nc2ccccc2)cc1N(C)C. The summed E-state index contributed by atoms with van der Waals surface area (Å²) in [5.74, 6) is -2.35. The molecule has 1 N–H and O–H groups in total. The second-order valence-corrected chi connectivity index (χ2v) is 9.31. The van der Waals surface area contributed by atoms with Gasteiger partial charge in [-0.05, 0) is 54.4 Å². The van der Waals surface area contributed by atoms with E-state index in [4.69, 9.17) is 0 Å². The molecule has 3 rings (SSSR count). The second-order valence-electron chi connectivity index (χ2n) is 7.66. The van der Waals surface area contributed by atoms with Crippen molar-refractivity contribution in [2.45, 2.75) is 11.8 Å². The smallest absolute Gasteiger partial charge is 0.262 e. The average Bonchev–Trinajstić information content (AvgIpc) is 2.69. The van der Waals surface area contributed by atoms with Crippen LogP contribution >= 0.6 is 0 Å². The second kappa shape index (κ2) is 8.55. The Bertz CT molecular complexity index is 1180. The monoisotopic (exact) mass is 445 g/mol. The van der Waals surface area contributed by atoms with Crippen molar-refractivity contribution >= 4 is 27.1 Å². The molecule has 0 spiro atoms. The minimum absolute atomic E-state index is 0.0773. The van der Waals surface area contributed by atoms with E-state index in [1.54, 1.807) is 42.5 Å². The third kappa shape index (κ3) is 4.64. The Labute approximate surface area is 182 Å². The van der Waals surface area contributed by atoms with Crippen LogP contribution < -0.4 is 14.5 Å². The van der Waals surface area contributed by atoms with E-state index in [0.29, 0.717) is 11.3 Å². The van der Waals surface area contributed by atoms with Crippen molar-refractivity contribution < 1.29 is 17.2 Å². The number of nitrogens with one attached hydrogen (secondary N) is 1. The van der Waals surface area contributed by atoms with Gasteiger partial charge in [-0.1, -0.05) is 18.2 Å². The van der Waals surface area contributed by atoms with E-state index in [1.807, 2.05) is 44.9 Å². The highest BCUT2D eigenvalue weighted by Crippen LogP contribution is 2.38. The van der Waals surface area contributed by atoms with Gasteiger partial charge in [-0.25, -0.2) is 17.2 Å². The summed E-state index contributed by atoms with van der Waals surface area (Å²) in [6.07, 6.45) is 0. The summed E-state index contributed by atoms with van der Waals surface area (Å²) in [5.41, 5.74) is 3.52. The van der Waals surface area contributed by atoms with Crippen LogP contribution in [0.5, 0.6) is 0 Å². The van der Waals surface area contributed by atoms with Gasteiger partial charge in [-0.3, -0.25) is 4.72 Å².